The number of nitrogens with one attached hydrogen (secondary N) is 1. The molecule has 0 saturated carbocycles. The molecular formula is C31H30Cl3FN2O. The number of rotatable bonds is 3. The first-order valence-electron chi connectivity index (χ1n) is 12.4. The van der Waals surface area contributed by atoms with E-state index >= 15 is 0 Å². The van der Waals surface area contributed by atoms with Crippen LogP contribution >= 0.6 is 35.6 Å². The first-order chi connectivity index (χ1) is 17.5. The van der Waals surface area contributed by atoms with E-state index in [1.54, 1.807) is 30.5 Å². The summed E-state index contributed by atoms with van der Waals surface area (Å²) in [5.74, 6) is -0.286. The van der Waals surface area contributed by atoms with Crippen LogP contribution in [0.1, 0.15) is 38.3 Å². The Kier molecular flexibility index (Phi) is 8.11. The molecule has 0 aliphatic carbocycles. The lowest BCUT2D eigenvalue weighted by atomic mass is 9.80. The van der Waals surface area contributed by atoms with Crippen molar-refractivity contribution in [1.29, 1.82) is 0 Å². The van der Waals surface area contributed by atoms with Gasteiger partial charge in [-0.25, -0.2) is 4.39 Å². The molecule has 7 heteroatoms. The summed E-state index contributed by atoms with van der Waals surface area (Å²) in [5.41, 5.74) is 6.35. The van der Waals surface area contributed by atoms with Crippen LogP contribution in [0, 0.1) is 18.2 Å². The first kappa shape index (κ1) is 28.4. The van der Waals surface area contributed by atoms with E-state index in [0.717, 1.165) is 35.3 Å². The van der Waals surface area contributed by atoms with Gasteiger partial charge < -0.3 is 9.72 Å². The molecule has 0 fully saturated rings. The third kappa shape index (κ3) is 5.28. The molecule has 1 N–H and O–H groups in total. The van der Waals surface area contributed by atoms with E-state index in [9.17, 15) is 9.18 Å². The smallest absolute Gasteiger partial charge is 0.190 e. The highest BCUT2D eigenvalue weighted by molar-refractivity contribution is 6.39. The summed E-state index contributed by atoms with van der Waals surface area (Å²) < 4.78 is 16.0. The van der Waals surface area contributed by atoms with Crippen LogP contribution in [-0.4, -0.2) is 17.0 Å². The number of pyridine rings is 2. The molecule has 0 spiro atoms. The Hall–Kier alpha value is -2.63. The first-order valence-corrected chi connectivity index (χ1v) is 13.1. The molecule has 1 aliphatic heterocycles. The third-order valence-corrected chi connectivity index (χ3v) is 7.84. The minimum Gasteiger partial charge on any atom is -0.316 e. The van der Waals surface area contributed by atoms with Crippen LogP contribution in [0.5, 0.6) is 0 Å². The lowest BCUT2D eigenvalue weighted by Crippen LogP contribution is -2.42. The van der Waals surface area contributed by atoms with Gasteiger partial charge in [0.1, 0.15) is 5.82 Å². The number of fused-ring (bicyclic) bond motifs is 1. The number of benzene rings is 2. The molecule has 3 nitrogen and oxygen atoms in total. The Morgan fingerprint density at radius 1 is 1.00 bits per heavy atom. The summed E-state index contributed by atoms with van der Waals surface area (Å²) in [6.07, 6.45) is 4.82. The van der Waals surface area contributed by atoms with Gasteiger partial charge in [0.2, 0.25) is 0 Å². The van der Waals surface area contributed by atoms with Gasteiger partial charge >= 0.3 is 0 Å². The average molecular weight is 572 g/mol. The highest BCUT2D eigenvalue weighted by Gasteiger charge is 2.28. The highest BCUT2D eigenvalue weighted by Crippen LogP contribution is 2.39. The summed E-state index contributed by atoms with van der Waals surface area (Å²) in [7, 11) is 0. The van der Waals surface area contributed by atoms with Gasteiger partial charge in [0.05, 0.1) is 26.8 Å². The molecule has 198 valence electrons. The van der Waals surface area contributed by atoms with Gasteiger partial charge in [-0.05, 0) is 77.9 Å². The predicted octanol–water partition coefficient (Wildman–Crippen LogP) is 8.60. The molecule has 1 unspecified atom stereocenters. The maximum absolute atomic E-state index is 14.0. The molecule has 5 rings (SSSR count). The van der Waals surface area contributed by atoms with Crippen LogP contribution < -0.4 is 10.7 Å². The Balaban J connectivity index is 0.00000336. The maximum atomic E-state index is 14.0. The number of hydrogen-bond donors (Lipinski definition) is 1. The lowest BCUT2D eigenvalue weighted by molar-refractivity contribution is 0.274. The Bertz CT molecular complexity index is 1600. The molecule has 0 amide bonds. The van der Waals surface area contributed by atoms with Crippen molar-refractivity contribution in [3.63, 3.8) is 0 Å². The molecule has 3 heterocycles. The topological polar surface area (TPSA) is 33.5 Å². The summed E-state index contributed by atoms with van der Waals surface area (Å²) in [4.78, 5) is 13.4. The summed E-state index contributed by atoms with van der Waals surface area (Å²) in [6, 6.07) is 16.0. The number of halogens is 4. The fourth-order valence-electron chi connectivity index (χ4n) is 5.15. The Morgan fingerprint density at radius 3 is 2.37 bits per heavy atom. The van der Waals surface area contributed by atoms with Crippen molar-refractivity contribution in [1.82, 2.24) is 9.72 Å². The van der Waals surface area contributed by atoms with Crippen LogP contribution in [0.4, 0.5) is 4.39 Å². The molecule has 4 aromatic rings. The fraction of sp³-hybridized carbons (Fsp3) is 0.258. The summed E-state index contributed by atoms with van der Waals surface area (Å²) >= 11 is 13.2. The van der Waals surface area contributed by atoms with E-state index in [-0.39, 0.29) is 29.1 Å². The lowest BCUT2D eigenvalue weighted by Gasteiger charge is -2.35. The minimum atomic E-state index is -0.286. The monoisotopic (exact) mass is 570 g/mol. The second-order valence-corrected chi connectivity index (χ2v) is 11.6. The zero-order valence-corrected chi connectivity index (χ0v) is 24.1. The van der Waals surface area contributed by atoms with Crippen LogP contribution in [-0.2, 0) is 0 Å². The van der Waals surface area contributed by atoms with Gasteiger partial charge in [-0.15, -0.1) is 12.4 Å². The highest BCUT2D eigenvalue weighted by atomic mass is 35.5. The standard InChI is InChI=1S/C31H29Cl2FN2O.ClH/c1-18-14-21(34)8-9-22(18)25-15-20(19-10-12-35-28(17-19)31(2,3)4)16-26-30(27(37)11-13-36(25)26)29-23(32)6-5-7-24(29)33;/h5-11,13-16,28,35H,12,17H2,1-4H3;1H. The average Bonchev–Trinajstić information content (AvgIpc) is 2.84. The number of hydrogen-bond acceptors (Lipinski definition) is 2. The quantitative estimate of drug-likeness (QED) is 0.267. The summed E-state index contributed by atoms with van der Waals surface area (Å²) in [6.45, 7) is 9.36. The molecule has 0 radical (unpaired) electrons. The van der Waals surface area contributed by atoms with E-state index < -0.39 is 0 Å². The summed E-state index contributed by atoms with van der Waals surface area (Å²) in [5, 5.41) is 4.44. The van der Waals surface area contributed by atoms with E-state index in [1.807, 2.05) is 11.3 Å². The van der Waals surface area contributed by atoms with Gasteiger partial charge in [0, 0.05) is 36.0 Å². The molecular weight excluding hydrogens is 542 g/mol. The molecule has 1 aliphatic rings. The number of nitrogens with zero attached hydrogens (tertiary/aromatic N) is 1. The molecule has 1 atom stereocenters. The van der Waals surface area contributed by atoms with Crippen molar-refractivity contribution in [2.45, 2.75) is 40.2 Å². The normalized spacial score (nSPS) is 15.8. The second kappa shape index (κ2) is 10.9. The van der Waals surface area contributed by atoms with Crippen LogP contribution in [0.3, 0.4) is 0 Å². The van der Waals surface area contributed by atoms with Crippen LogP contribution in [0.2, 0.25) is 10.0 Å². The van der Waals surface area contributed by atoms with Crippen molar-refractivity contribution < 1.29 is 4.39 Å². The van der Waals surface area contributed by atoms with Crippen LogP contribution in [0.25, 0.3) is 33.5 Å². The number of aryl methyl sites for hydroxylation is 1. The molecule has 2 aromatic heterocycles. The third-order valence-electron chi connectivity index (χ3n) is 7.21. The zero-order valence-electron chi connectivity index (χ0n) is 21.7. The van der Waals surface area contributed by atoms with Gasteiger partial charge in [0.25, 0.3) is 0 Å². The van der Waals surface area contributed by atoms with Crippen molar-refractivity contribution in [3.05, 3.63) is 104 Å². The van der Waals surface area contributed by atoms with Crippen LogP contribution in [0.15, 0.2) is 71.7 Å². The van der Waals surface area contributed by atoms with Crippen molar-refractivity contribution in [3.8, 4) is 22.4 Å². The van der Waals surface area contributed by atoms with E-state index in [4.69, 9.17) is 23.2 Å². The zero-order chi connectivity index (χ0) is 26.5. The predicted molar refractivity (Wildman–Crippen MR) is 160 cm³/mol. The van der Waals surface area contributed by atoms with Crippen molar-refractivity contribution in [2.24, 2.45) is 5.41 Å². The Morgan fingerprint density at radius 2 is 1.71 bits per heavy atom. The van der Waals surface area contributed by atoms with E-state index in [0.29, 0.717) is 32.7 Å². The Labute approximate surface area is 238 Å². The molecule has 38 heavy (non-hydrogen) atoms. The second-order valence-electron chi connectivity index (χ2n) is 10.8. The fourth-order valence-corrected chi connectivity index (χ4v) is 5.74. The largest absolute Gasteiger partial charge is 0.316 e. The van der Waals surface area contributed by atoms with Crippen molar-refractivity contribution in [2.75, 3.05) is 6.54 Å². The molecule has 0 saturated heterocycles. The number of aromatic nitrogens is 1. The van der Waals surface area contributed by atoms with Gasteiger partial charge in [-0.1, -0.05) is 56.1 Å². The van der Waals surface area contributed by atoms with Gasteiger partial charge in [-0.3, -0.25) is 4.79 Å². The van der Waals surface area contributed by atoms with Gasteiger partial charge in [0.15, 0.2) is 5.43 Å². The minimum absolute atomic E-state index is 0. The molecule has 0 bridgehead atoms. The van der Waals surface area contributed by atoms with Crippen molar-refractivity contribution >= 4 is 46.7 Å². The molecule has 2 aromatic carbocycles. The van der Waals surface area contributed by atoms with E-state index in [1.165, 1.54) is 23.8 Å². The van der Waals surface area contributed by atoms with E-state index in [2.05, 4.69) is 44.3 Å². The SMILES string of the molecule is Cc1cc(F)ccc1-c1cc(C2=CCNC(C(C)(C)C)C2)cc2c(-c3c(Cl)cccc3Cl)c(=O)ccn12.Cl. The van der Waals surface area contributed by atoms with Gasteiger partial charge in [-0.2, -0.15) is 0 Å². The maximum Gasteiger partial charge on any atom is 0.190 e.